The summed E-state index contributed by atoms with van der Waals surface area (Å²) in [6, 6.07) is 10.00. The topological polar surface area (TPSA) is 58.1 Å². The molecule has 29 heavy (non-hydrogen) atoms. The number of halogens is 2. The van der Waals surface area contributed by atoms with E-state index < -0.39 is 0 Å². The highest BCUT2D eigenvalue weighted by Crippen LogP contribution is 2.30. The number of hydrogen-bond acceptors (Lipinski definition) is 4. The van der Waals surface area contributed by atoms with Crippen LogP contribution in [0.5, 0.6) is 0 Å². The first kappa shape index (κ1) is 21.0. The summed E-state index contributed by atoms with van der Waals surface area (Å²) in [6.45, 7) is 5.59. The van der Waals surface area contributed by atoms with Crippen molar-refractivity contribution in [3.05, 3.63) is 59.7 Å². The second kappa shape index (κ2) is 8.74. The van der Waals surface area contributed by atoms with E-state index in [9.17, 15) is 9.18 Å². The summed E-state index contributed by atoms with van der Waals surface area (Å²) >= 11 is 0. The molecule has 0 atom stereocenters. The van der Waals surface area contributed by atoms with Gasteiger partial charge in [-0.2, -0.15) is 0 Å². The summed E-state index contributed by atoms with van der Waals surface area (Å²) in [5, 5.41) is 3.98. The van der Waals surface area contributed by atoms with Gasteiger partial charge in [-0.3, -0.25) is 4.79 Å². The summed E-state index contributed by atoms with van der Waals surface area (Å²) < 4.78 is 13.7. The lowest BCUT2D eigenvalue weighted by Gasteiger charge is -2.31. The number of nitrogens with zero attached hydrogens (tertiary/aromatic N) is 3. The fraction of sp³-hybridized carbons (Fsp3) is 0.318. The van der Waals surface area contributed by atoms with Crippen molar-refractivity contribution >= 4 is 40.7 Å². The number of carbonyl (C=O) groups excluding carboxylic acids is 1. The van der Waals surface area contributed by atoms with Crippen LogP contribution in [0, 0.1) is 18.7 Å². The number of likely N-dealkylation sites (tertiary alicyclic amines) is 1. The summed E-state index contributed by atoms with van der Waals surface area (Å²) in [5.41, 5.74) is 3.08. The van der Waals surface area contributed by atoms with Crippen molar-refractivity contribution in [3.8, 4) is 0 Å². The van der Waals surface area contributed by atoms with Gasteiger partial charge >= 0.3 is 0 Å². The molecule has 0 saturated carbocycles. The third-order valence-corrected chi connectivity index (χ3v) is 5.26. The van der Waals surface area contributed by atoms with Gasteiger partial charge in [0.25, 0.3) is 5.91 Å². The third kappa shape index (κ3) is 4.48. The lowest BCUT2D eigenvalue weighted by atomic mass is 9.98. The molecule has 0 bridgehead atoms. The highest BCUT2D eigenvalue weighted by atomic mass is 35.5. The van der Waals surface area contributed by atoms with Crippen LogP contribution >= 0.6 is 12.4 Å². The van der Waals surface area contributed by atoms with Crippen LogP contribution in [0.15, 0.2) is 42.6 Å². The van der Waals surface area contributed by atoms with Gasteiger partial charge in [-0.25, -0.2) is 14.4 Å². The highest BCUT2D eigenvalue weighted by molar-refractivity contribution is 6.07. The highest BCUT2D eigenvalue weighted by Gasteiger charge is 2.25. The molecular formula is C22H24ClFN4O. The Balaban J connectivity index is 0.00000240. The first-order chi connectivity index (χ1) is 13.5. The molecule has 0 unspecified atom stereocenters. The maximum absolute atomic E-state index is 13.7. The van der Waals surface area contributed by atoms with Crippen LogP contribution in [-0.2, 0) is 0 Å². The van der Waals surface area contributed by atoms with Crippen LogP contribution in [0.3, 0.4) is 0 Å². The molecule has 1 aliphatic heterocycles. The zero-order valence-electron chi connectivity index (χ0n) is 16.5. The summed E-state index contributed by atoms with van der Waals surface area (Å²) in [4.78, 5) is 24.0. The van der Waals surface area contributed by atoms with E-state index in [4.69, 9.17) is 0 Å². The molecule has 0 aliphatic carbocycles. The minimum absolute atomic E-state index is 0. The van der Waals surface area contributed by atoms with Gasteiger partial charge in [0, 0.05) is 36.1 Å². The van der Waals surface area contributed by atoms with Gasteiger partial charge in [0.1, 0.15) is 5.82 Å². The number of carbonyl (C=O) groups is 1. The molecule has 4 rings (SSSR count). The van der Waals surface area contributed by atoms with Crippen LogP contribution in [0.25, 0.3) is 11.0 Å². The predicted molar refractivity (Wildman–Crippen MR) is 116 cm³/mol. The van der Waals surface area contributed by atoms with Crippen molar-refractivity contribution in [2.45, 2.75) is 26.7 Å². The quantitative estimate of drug-likeness (QED) is 0.646. The number of aryl methyl sites for hydroxylation is 1. The molecule has 1 saturated heterocycles. The third-order valence-electron chi connectivity index (χ3n) is 5.26. The molecule has 1 N–H and O–H groups in total. The maximum Gasteiger partial charge on any atom is 0.257 e. The number of amides is 1. The molecule has 5 nitrogen and oxygen atoms in total. The van der Waals surface area contributed by atoms with Crippen LogP contribution in [-0.4, -0.2) is 33.9 Å². The Kier molecular flexibility index (Phi) is 6.33. The van der Waals surface area contributed by atoms with E-state index in [1.54, 1.807) is 18.3 Å². The van der Waals surface area contributed by atoms with Gasteiger partial charge in [-0.15, -0.1) is 12.4 Å². The van der Waals surface area contributed by atoms with Crippen LogP contribution in [0.4, 0.5) is 15.8 Å². The molecule has 7 heteroatoms. The van der Waals surface area contributed by atoms with Crippen LogP contribution in [0.2, 0.25) is 0 Å². The SMILES string of the molecule is Cc1ccc2c(Nc3cccc(F)c3)c(C(=O)N3CCC(C)CC3)cnc2n1.Cl. The minimum atomic E-state index is -0.338. The molecule has 2 aromatic heterocycles. The number of rotatable bonds is 3. The van der Waals surface area contributed by atoms with Crippen molar-refractivity contribution in [1.82, 2.24) is 14.9 Å². The van der Waals surface area contributed by atoms with Crippen molar-refractivity contribution < 1.29 is 9.18 Å². The molecular weight excluding hydrogens is 391 g/mol. The van der Waals surface area contributed by atoms with Gasteiger partial charge in [0.15, 0.2) is 5.65 Å². The monoisotopic (exact) mass is 414 g/mol. The van der Waals surface area contributed by atoms with Gasteiger partial charge in [-0.1, -0.05) is 13.0 Å². The fourth-order valence-corrected chi connectivity index (χ4v) is 3.56. The molecule has 3 aromatic rings. The van der Waals surface area contributed by atoms with Gasteiger partial charge in [0.05, 0.1) is 11.3 Å². The van der Waals surface area contributed by atoms with Crippen LogP contribution < -0.4 is 5.32 Å². The minimum Gasteiger partial charge on any atom is -0.354 e. The van der Waals surface area contributed by atoms with Crippen molar-refractivity contribution in [2.75, 3.05) is 18.4 Å². The van der Waals surface area contributed by atoms with E-state index in [-0.39, 0.29) is 24.1 Å². The predicted octanol–water partition coefficient (Wildman–Crippen LogP) is 5.11. The number of anilines is 2. The second-order valence-corrected chi connectivity index (χ2v) is 7.48. The normalized spacial score (nSPS) is 14.5. The molecule has 0 radical (unpaired) electrons. The van der Waals surface area contributed by atoms with Crippen molar-refractivity contribution in [3.63, 3.8) is 0 Å². The molecule has 1 fully saturated rings. The average molecular weight is 415 g/mol. The number of aromatic nitrogens is 2. The van der Waals surface area contributed by atoms with Gasteiger partial charge in [0.2, 0.25) is 0 Å². The number of benzene rings is 1. The Hall–Kier alpha value is -2.73. The molecule has 152 valence electrons. The molecule has 1 amide bonds. The zero-order valence-corrected chi connectivity index (χ0v) is 17.3. The first-order valence-electron chi connectivity index (χ1n) is 9.59. The number of piperidine rings is 1. The second-order valence-electron chi connectivity index (χ2n) is 7.48. The maximum atomic E-state index is 13.7. The van der Waals surface area contributed by atoms with E-state index in [0.717, 1.165) is 37.0 Å². The zero-order chi connectivity index (χ0) is 19.7. The van der Waals surface area contributed by atoms with E-state index >= 15 is 0 Å². The summed E-state index contributed by atoms with van der Waals surface area (Å²) in [5.74, 6) is 0.242. The molecule has 0 spiro atoms. The van der Waals surface area contributed by atoms with E-state index in [2.05, 4.69) is 22.2 Å². The Labute approximate surface area is 175 Å². The Bertz CT molecular complexity index is 1030. The number of pyridine rings is 2. The largest absolute Gasteiger partial charge is 0.354 e. The Morgan fingerprint density at radius 2 is 1.97 bits per heavy atom. The van der Waals surface area contributed by atoms with Crippen molar-refractivity contribution in [1.29, 1.82) is 0 Å². The van der Waals surface area contributed by atoms with E-state index in [1.165, 1.54) is 12.1 Å². The van der Waals surface area contributed by atoms with Gasteiger partial charge < -0.3 is 10.2 Å². The van der Waals surface area contributed by atoms with E-state index in [1.807, 2.05) is 24.0 Å². The van der Waals surface area contributed by atoms with Crippen molar-refractivity contribution in [2.24, 2.45) is 5.92 Å². The molecule has 1 aromatic carbocycles. The summed E-state index contributed by atoms with van der Waals surface area (Å²) in [7, 11) is 0. The smallest absolute Gasteiger partial charge is 0.257 e. The van der Waals surface area contributed by atoms with Crippen LogP contribution in [0.1, 0.15) is 35.8 Å². The van der Waals surface area contributed by atoms with E-state index in [0.29, 0.717) is 28.5 Å². The lowest BCUT2D eigenvalue weighted by molar-refractivity contribution is 0.0698. The standard InChI is InChI=1S/C22H23FN4O.ClH/c1-14-8-10-27(11-9-14)22(28)19-13-24-21-18(7-6-15(2)25-21)20(19)26-17-5-3-4-16(23)12-17;/h3-7,12-14H,8-11H2,1-2H3,(H,24,25,26);1H. The molecule has 3 heterocycles. The fourth-order valence-electron chi connectivity index (χ4n) is 3.56. The summed E-state index contributed by atoms with van der Waals surface area (Å²) in [6.07, 6.45) is 3.58. The average Bonchev–Trinajstić information content (AvgIpc) is 2.68. The first-order valence-corrected chi connectivity index (χ1v) is 9.59. The number of fused-ring (bicyclic) bond motifs is 1. The Morgan fingerprint density at radius 1 is 1.21 bits per heavy atom. The number of nitrogens with one attached hydrogen (secondary N) is 1. The Morgan fingerprint density at radius 3 is 2.69 bits per heavy atom. The van der Waals surface area contributed by atoms with Gasteiger partial charge in [-0.05, 0) is 56.0 Å². The lowest BCUT2D eigenvalue weighted by Crippen LogP contribution is -2.38. The molecule has 1 aliphatic rings. The number of hydrogen-bond donors (Lipinski definition) is 1.